The van der Waals surface area contributed by atoms with Crippen molar-refractivity contribution in [1.82, 2.24) is 0 Å². The van der Waals surface area contributed by atoms with E-state index in [2.05, 4.69) is 0 Å². The summed E-state index contributed by atoms with van der Waals surface area (Å²) in [6, 6.07) is 2.89. The fourth-order valence-electron chi connectivity index (χ4n) is 1.03. The van der Waals surface area contributed by atoms with Gasteiger partial charge in [-0.1, -0.05) is 6.92 Å². The highest BCUT2D eigenvalue weighted by Crippen LogP contribution is 2.22. The van der Waals surface area contributed by atoms with E-state index < -0.39 is 29.3 Å². The van der Waals surface area contributed by atoms with Crippen LogP contribution in [0.5, 0.6) is 0 Å². The molecule has 0 radical (unpaired) electrons. The molecule has 0 aromatic heterocycles. The Morgan fingerprint density at radius 3 is 2.13 bits per heavy atom. The van der Waals surface area contributed by atoms with Crippen molar-refractivity contribution in [2.24, 2.45) is 23.3 Å². The summed E-state index contributed by atoms with van der Waals surface area (Å²) in [5.41, 5.74) is 7.86. The number of hydrogen-bond acceptors (Lipinski definition) is 5. The zero-order chi connectivity index (χ0) is 12.2. The number of rotatable bonds is 4. The smallest absolute Gasteiger partial charge is 0.338 e. The van der Waals surface area contributed by atoms with Gasteiger partial charge >= 0.3 is 5.97 Å². The Balaban J connectivity index is 5.24. The van der Waals surface area contributed by atoms with Crippen molar-refractivity contribution < 1.29 is 14.7 Å². The largest absolute Gasteiger partial charge is 0.479 e. The van der Waals surface area contributed by atoms with Gasteiger partial charge in [0.2, 0.25) is 11.4 Å². The van der Waals surface area contributed by atoms with Crippen molar-refractivity contribution >= 4 is 11.9 Å². The second kappa shape index (κ2) is 4.40. The third-order valence-corrected chi connectivity index (χ3v) is 2.20. The van der Waals surface area contributed by atoms with Crippen molar-refractivity contribution in [2.45, 2.75) is 12.5 Å². The first-order valence-corrected chi connectivity index (χ1v) is 3.93. The molecule has 0 rings (SSSR count). The molecule has 2 unspecified atom stereocenters. The van der Waals surface area contributed by atoms with E-state index in [1.165, 1.54) is 19.1 Å². The van der Waals surface area contributed by atoms with Gasteiger partial charge in [0.25, 0.3) is 0 Å². The Morgan fingerprint density at radius 2 is 1.93 bits per heavy atom. The fraction of sp³-hybridized carbons (Fsp3) is 0.500. The molecule has 7 nitrogen and oxygen atoms in total. The monoisotopic (exact) mass is 210 g/mol. The lowest BCUT2D eigenvalue weighted by Crippen LogP contribution is -2.55. The van der Waals surface area contributed by atoms with E-state index in [-0.39, 0.29) is 0 Å². The number of carbonyl (C=O) groups excluding carboxylic acids is 1. The Morgan fingerprint density at radius 1 is 1.47 bits per heavy atom. The Labute approximate surface area is 85.9 Å². The van der Waals surface area contributed by atoms with E-state index >= 15 is 0 Å². The van der Waals surface area contributed by atoms with Crippen molar-refractivity contribution in [1.29, 1.82) is 10.5 Å². The topological polar surface area (TPSA) is 154 Å². The van der Waals surface area contributed by atoms with Crippen LogP contribution in [-0.2, 0) is 9.59 Å². The van der Waals surface area contributed by atoms with Crippen LogP contribution in [0.1, 0.15) is 6.92 Å². The molecular formula is C8H10N4O3. The second-order valence-electron chi connectivity index (χ2n) is 3.08. The number of hydrogen-bond donors (Lipinski definition) is 3. The molecule has 0 fully saturated rings. The molecule has 0 aromatic rings. The molecule has 0 aliphatic rings. The van der Waals surface area contributed by atoms with Crippen LogP contribution in [0.25, 0.3) is 0 Å². The van der Waals surface area contributed by atoms with Crippen LogP contribution in [-0.4, -0.2) is 22.5 Å². The number of aliphatic carboxylic acids is 1. The maximum absolute atomic E-state index is 10.8. The Bertz CT molecular complexity index is 367. The number of carbonyl (C=O) groups is 2. The van der Waals surface area contributed by atoms with Gasteiger partial charge in [-0.15, -0.1) is 0 Å². The van der Waals surface area contributed by atoms with Gasteiger partial charge in [0, 0.05) is 5.92 Å². The highest BCUT2D eigenvalue weighted by molar-refractivity contribution is 5.86. The molecule has 0 saturated carbocycles. The highest BCUT2D eigenvalue weighted by Gasteiger charge is 2.46. The molecule has 0 aliphatic carbocycles. The minimum Gasteiger partial charge on any atom is -0.479 e. The number of nitrogens with zero attached hydrogens (tertiary/aromatic N) is 2. The van der Waals surface area contributed by atoms with Gasteiger partial charge in [-0.3, -0.25) is 4.79 Å². The van der Waals surface area contributed by atoms with Gasteiger partial charge in [0.1, 0.15) is 5.92 Å². The van der Waals surface area contributed by atoms with E-state index in [9.17, 15) is 9.59 Å². The van der Waals surface area contributed by atoms with Gasteiger partial charge in [-0.2, -0.15) is 10.5 Å². The van der Waals surface area contributed by atoms with Crippen LogP contribution in [0, 0.1) is 34.5 Å². The Kier molecular flexibility index (Phi) is 3.78. The molecule has 0 bridgehead atoms. The average molecular weight is 210 g/mol. The molecule has 1 amide bonds. The third kappa shape index (κ3) is 2.22. The highest BCUT2D eigenvalue weighted by atomic mass is 16.4. The van der Waals surface area contributed by atoms with Crippen LogP contribution in [0.4, 0.5) is 0 Å². The molecule has 0 aliphatic heterocycles. The van der Waals surface area contributed by atoms with E-state index in [0.717, 1.165) is 0 Å². The summed E-state index contributed by atoms with van der Waals surface area (Å²) in [5, 5.41) is 26.0. The van der Waals surface area contributed by atoms with Crippen molar-refractivity contribution in [2.75, 3.05) is 0 Å². The number of primary amides is 1. The predicted octanol–water partition coefficient (Wildman–Crippen LogP) is -1.45. The van der Waals surface area contributed by atoms with Crippen LogP contribution in [0.3, 0.4) is 0 Å². The second-order valence-corrected chi connectivity index (χ2v) is 3.08. The fourth-order valence-corrected chi connectivity index (χ4v) is 1.03. The minimum absolute atomic E-state index is 1.00. The molecular weight excluding hydrogens is 200 g/mol. The van der Waals surface area contributed by atoms with E-state index in [0.29, 0.717) is 0 Å². The van der Waals surface area contributed by atoms with Gasteiger partial charge in [0.15, 0.2) is 0 Å². The standard InChI is InChI=1S/C8H10N4O3/c1-4(5(2-9)6(11)13)8(12,3-10)7(14)15/h4-5H,12H2,1H3,(H2,11,13)(H,14,15)/t4?,5?,8-/m0/s1. The van der Waals surface area contributed by atoms with Crippen molar-refractivity contribution in [3.8, 4) is 12.1 Å². The van der Waals surface area contributed by atoms with Crippen molar-refractivity contribution in [3.05, 3.63) is 0 Å². The van der Waals surface area contributed by atoms with E-state index in [1.807, 2.05) is 0 Å². The number of amides is 1. The summed E-state index contributed by atoms with van der Waals surface area (Å²) >= 11 is 0. The van der Waals surface area contributed by atoms with Crippen LogP contribution < -0.4 is 11.5 Å². The molecule has 0 spiro atoms. The predicted molar refractivity (Wildman–Crippen MR) is 47.6 cm³/mol. The van der Waals surface area contributed by atoms with E-state index in [1.54, 1.807) is 0 Å². The number of nitriles is 2. The summed E-state index contributed by atoms with van der Waals surface area (Å²) in [6.07, 6.45) is 0. The summed E-state index contributed by atoms with van der Waals surface area (Å²) in [5.74, 6) is -5.21. The maximum atomic E-state index is 10.8. The van der Waals surface area contributed by atoms with Gasteiger partial charge < -0.3 is 16.6 Å². The molecule has 5 N–H and O–H groups in total. The molecule has 15 heavy (non-hydrogen) atoms. The molecule has 7 heteroatoms. The molecule has 0 saturated heterocycles. The van der Waals surface area contributed by atoms with Crippen molar-refractivity contribution in [3.63, 3.8) is 0 Å². The zero-order valence-electron chi connectivity index (χ0n) is 7.97. The van der Waals surface area contributed by atoms with Gasteiger partial charge in [0.05, 0.1) is 12.1 Å². The number of nitrogens with two attached hydrogens (primary N) is 2. The summed E-state index contributed by atoms with van der Waals surface area (Å²) in [7, 11) is 0. The maximum Gasteiger partial charge on any atom is 0.338 e. The average Bonchev–Trinajstić information content (AvgIpc) is 2.16. The van der Waals surface area contributed by atoms with Crippen LogP contribution in [0.15, 0.2) is 0 Å². The lowest BCUT2D eigenvalue weighted by molar-refractivity contribution is -0.143. The number of carboxylic acids is 1. The van der Waals surface area contributed by atoms with Gasteiger partial charge in [-0.25, -0.2) is 4.79 Å². The minimum atomic E-state index is -2.30. The first-order valence-electron chi connectivity index (χ1n) is 3.93. The first-order chi connectivity index (χ1) is 6.81. The first kappa shape index (κ1) is 12.9. The molecule has 3 atom stereocenters. The number of carboxylic acid groups (broad SMARTS) is 1. The summed E-state index contributed by atoms with van der Waals surface area (Å²) in [4.78, 5) is 21.5. The normalized spacial score (nSPS) is 17.6. The summed E-state index contributed by atoms with van der Waals surface area (Å²) < 4.78 is 0. The molecule has 80 valence electrons. The molecule has 0 aromatic carbocycles. The quantitative estimate of drug-likeness (QED) is 0.515. The summed E-state index contributed by atoms with van der Waals surface area (Å²) in [6.45, 7) is 1.22. The third-order valence-electron chi connectivity index (χ3n) is 2.20. The lowest BCUT2D eigenvalue weighted by Gasteiger charge is -2.25. The molecule has 0 heterocycles. The Hall–Kier alpha value is -2.12. The van der Waals surface area contributed by atoms with Crippen LogP contribution >= 0.6 is 0 Å². The van der Waals surface area contributed by atoms with Gasteiger partial charge in [-0.05, 0) is 0 Å². The van der Waals surface area contributed by atoms with Crippen LogP contribution in [0.2, 0.25) is 0 Å². The SMILES string of the molecule is CC(C(C#N)C(N)=O)[C@@](N)(C#N)C(=O)O. The van der Waals surface area contributed by atoms with E-state index in [4.69, 9.17) is 27.1 Å². The lowest BCUT2D eigenvalue weighted by atomic mass is 9.78. The zero-order valence-corrected chi connectivity index (χ0v) is 7.97.